The van der Waals surface area contributed by atoms with Crippen molar-refractivity contribution in [2.24, 2.45) is 0 Å². The Balaban J connectivity index is 2.03. The Kier molecular flexibility index (Phi) is 7.00. The van der Waals surface area contributed by atoms with Crippen LogP contribution in [0.4, 0.5) is 11.4 Å². The minimum atomic E-state index is -0.0961. The standard InChI is InChI=1S/C20H24ClN3OS/c1-5-24(20(26)22-17-10-9-16(21)11-15(17)4)12-18(25)23-19-13(2)7-6-8-14(19)3/h6-11H,5,12H2,1-4H3,(H,22,26)(H,23,25). The molecule has 2 N–H and O–H groups in total. The van der Waals surface area contributed by atoms with Crippen LogP contribution in [0.5, 0.6) is 0 Å². The molecule has 0 radical (unpaired) electrons. The molecule has 0 unspecified atom stereocenters. The zero-order valence-corrected chi connectivity index (χ0v) is 17.1. The Morgan fingerprint density at radius 2 is 1.73 bits per heavy atom. The smallest absolute Gasteiger partial charge is 0.243 e. The van der Waals surface area contributed by atoms with Crippen LogP contribution in [0.3, 0.4) is 0 Å². The van der Waals surface area contributed by atoms with Gasteiger partial charge < -0.3 is 15.5 Å². The monoisotopic (exact) mass is 389 g/mol. The van der Waals surface area contributed by atoms with Crippen LogP contribution in [0.2, 0.25) is 5.02 Å². The fraction of sp³-hybridized carbons (Fsp3) is 0.300. The Labute approximate surface area is 165 Å². The fourth-order valence-electron chi connectivity index (χ4n) is 2.65. The van der Waals surface area contributed by atoms with Crippen LogP contribution < -0.4 is 10.6 Å². The maximum absolute atomic E-state index is 12.5. The van der Waals surface area contributed by atoms with Gasteiger partial charge in [-0.2, -0.15) is 0 Å². The highest BCUT2D eigenvalue weighted by Gasteiger charge is 2.15. The molecule has 0 aliphatic rings. The molecule has 2 aromatic carbocycles. The predicted octanol–water partition coefficient (Wildman–Crippen LogP) is 4.92. The van der Waals surface area contributed by atoms with Gasteiger partial charge in [-0.25, -0.2) is 0 Å². The highest BCUT2D eigenvalue weighted by molar-refractivity contribution is 7.80. The summed E-state index contributed by atoms with van der Waals surface area (Å²) < 4.78 is 0. The third kappa shape index (κ3) is 5.19. The molecule has 4 nitrogen and oxygen atoms in total. The number of para-hydroxylation sites is 1. The summed E-state index contributed by atoms with van der Waals surface area (Å²) in [6, 6.07) is 11.5. The minimum absolute atomic E-state index is 0.0961. The molecule has 0 saturated carbocycles. The van der Waals surface area contributed by atoms with Gasteiger partial charge >= 0.3 is 0 Å². The van der Waals surface area contributed by atoms with Crippen LogP contribution in [0.1, 0.15) is 23.6 Å². The molecular formula is C20H24ClN3OS. The van der Waals surface area contributed by atoms with Gasteiger partial charge in [-0.15, -0.1) is 0 Å². The number of nitrogens with zero attached hydrogens (tertiary/aromatic N) is 1. The number of rotatable bonds is 5. The van der Waals surface area contributed by atoms with Crippen molar-refractivity contribution in [3.63, 3.8) is 0 Å². The number of aryl methyl sites for hydroxylation is 3. The summed E-state index contributed by atoms with van der Waals surface area (Å²) in [4.78, 5) is 14.3. The van der Waals surface area contributed by atoms with Crippen LogP contribution in [0.15, 0.2) is 36.4 Å². The van der Waals surface area contributed by atoms with Gasteiger partial charge in [0.15, 0.2) is 5.11 Å². The van der Waals surface area contributed by atoms with E-state index in [9.17, 15) is 4.79 Å². The third-order valence-corrected chi connectivity index (χ3v) is 4.77. The van der Waals surface area contributed by atoms with Gasteiger partial charge in [0.2, 0.25) is 5.91 Å². The first-order valence-electron chi connectivity index (χ1n) is 8.50. The second-order valence-corrected chi connectivity index (χ2v) is 7.04. The molecule has 2 rings (SSSR count). The number of hydrogen-bond donors (Lipinski definition) is 2. The molecule has 6 heteroatoms. The van der Waals surface area contributed by atoms with Gasteiger partial charge in [-0.3, -0.25) is 4.79 Å². The lowest BCUT2D eigenvalue weighted by molar-refractivity contribution is -0.116. The van der Waals surface area contributed by atoms with E-state index in [0.29, 0.717) is 16.7 Å². The molecule has 26 heavy (non-hydrogen) atoms. The molecule has 0 fully saturated rings. The largest absolute Gasteiger partial charge is 0.340 e. The number of carbonyl (C=O) groups excluding carboxylic acids is 1. The Morgan fingerprint density at radius 3 is 2.31 bits per heavy atom. The molecule has 1 amide bonds. The highest BCUT2D eigenvalue weighted by Crippen LogP contribution is 2.21. The number of halogens is 1. The highest BCUT2D eigenvalue weighted by atomic mass is 35.5. The van der Waals surface area contributed by atoms with E-state index in [4.69, 9.17) is 23.8 Å². The van der Waals surface area contributed by atoms with Gasteiger partial charge in [0, 0.05) is 22.9 Å². The van der Waals surface area contributed by atoms with Gasteiger partial charge in [0.25, 0.3) is 0 Å². The zero-order chi connectivity index (χ0) is 19.3. The molecular weight excluding hydrogens is 366 g/mol. The topological polar surface area (TPSA) is 44.4 Å². The zero-order valence-electron chi connectivity index (χ0n) is 15.5. The van der Waals surface area contributed by atoms with E-state index in [1.165, 1.54) is 0 Å². The normalized spacial score (nSPS) is 10.3. The molecule has 0 aromatic heterocycles. The van der Waals surface area contributed by atoms with Crippen molar-refractivity contribution in [3.05, 3.63) is 58.1 Å². The Bertz CT molecular complexity index is 802. The van der Waals surface area contributed by atoms with Crippen molar-refractivity contribution in [1.82, 2.24) is 4.90 Å². The summed E-state index contributed by atoms with van der Waals surface area (Å²) in [5.41, 5.74) is 4.82. The van der Waals surface area contributed by atoms with Gasteiger partial charge in [0.05, 0.1) is 6.54 Å². The average Bonchev–Trinajstić information content (AvgIpc) is 2.58. The van der Waals surface area contributed by atoms with E-state index in [1.54, 1.807) is 0 Å². The number of anilines is 2. The Morgan fingerprint density at radius 1 is 1.08 bits per heavy atom. The number of nitrogens with one attached hydrogen (secondary N) is 2. The summed E-state index contributed by atoms with van der Waals surface area (Å²) in [5, 5.41) is 7.38. The van der Waals surface area contributed by atoms with E-state index in [-0.39, 0.29) is 12.5 Å². The van der Waals surface area contributed by atoms with E-state index in [1.807, 2.05) is 69.0 Å². The number of likely N-dealkylation sites (N-methyl/N-ethyl adjacent to an activating group) is 1. The SMILES string of the molecule is CCN(CC(=O)Nc1c(C)cccc1C)C(=S)Nc1ccc(Cl)cc1C. The number of hydrogen-bond acceptors (Lipinski definition) is 2. The number of thiocarbonyl (C=S) groups is 1. The quantitative estimate of drug-likeness (QED) is 0.712. The van der Waals surface area contributed by atoms with Crippen molar-refractivity contribution in [1.29, 1.82) is 0 Å². The third-order valence-electron chi connectivity index (χ3n) is 4.18. The average molecular weight is 390 g/mol. The van der Waals surface area contributed by atoms with Crippen LogP contribution in [0, 0.1) is 20.8 Å². The van der Waals surface area contributed by atoms with E-state index in [2.05, 4.69) is 10.6 Å². The maximum Gasteiger partial charge on any atom is 0.243 e. The molecule has 0 saturated heterocycles. The fourth-order valence-corrected chi connectivity index (χ4v) is 3.18. The van der Waals surface area contributed by atoms with Crippen LogP contribution >= 0.6 is 23.8 Å². The molecule has 0 atom stereocenters. The molecule has 2 aromatic rings. The van der Waals surface area contributed by atoms with E-state index >= 15 is 0 Å². The predicted molar refractivity (Wildman–Crippen MR) is 114 cm³/mol. The van der Waals surface area contributed by atoms with Crippen molar-refractivity contribution >= 4 is 46.2 Å². The second kappa shape index (κ2) is 9.01. The van der Waals surface area contributed by atoms with Crippen molar-refractivity contribution in [3.8, 4) is 0 Å². The summed E-state index contributed by atoms with van der Waals surface area (Å²) in [6.45, 7) is 8.70. The van der Waals surface area contributed by atoms with E-state index < -0.39 is 0 Å². The van der Waals surface area contributed by atoms with Crippen molar-refractivity contribution in [2.75, 3.05) is 23.7 Å². The summed E-state index contributed by atoms with van der Waals surface area (Å²) >= 11 is 11.5. The number of benzene rings is 2. The van der Waals surface area contributed by atoms with Gasteiger partial charge in [-0.1, -0.05) is 29.8 Å². The van der Waals surface area contributed by atoms with Gasteiger partial charge in [-0.05, 0) is 74.8 Å². The Hall–Kier alpha value is -2.11. The van der Waals surface area contributed by atoms with Crippen LogP contribution in [-0.4, -0.2) is 29.0 Å². The lowest BCUT2D eigenvalue weighted by atomic mass is 10.1. The van der Waals surface area contributed by atoms with Crippen LogP contribution in [-0.2, 0) is 4.79 Å². The van der Waals surface area contributed by atoms with E-state index in [0.717, 1.165) is 28.1 Å². The molecule has 138 valence electrons. The van der Waals surface area contributed by atoms with Crippen molar-refractivity contribution < 1.29 is 4.79 Å². The molecule has 0 bridgehead atoms. The molecule has 0 aliphatic carbocycles. The first-order valence-corrected chi connectivity index (χ1v) is 9.28. The molecule has 0 heterocycles. The first-order chi connectivity index (χ1) is 12.3. The maximum atomic E-state index is 12.5. The lowest BCUT2D eigenvalue weighted by Crippen LogP contribution is -2.40. The lowest BCUT2D eigenvalue weighted by Gasteiger charge is -2.25. The summed E-state index contributed by atoms with van der Waals surface area (Å²) in [6.07, 6.45) is 0. The first kappa shape index (κ1) is 20.2. The summed E-state index contributed by atoms with van der Waals surface area (Å²) in [7, 11) is 0. The number of carbonyl (C=O) groups is 1. The number of amides is 1. The van der Waals surface area contributed by atoms with Crippen molar-refractivity contribution in [2.45, 2.75) is 27.7 Å². The summed E-state index contributed by atoms with van der Waals surface area (Å²) in [5.74, 6) is -0.0961. The van der Waals surface area contributed by atoms with Gasteiger partial charge in [0.1, 0.15) is 0 Å². The minimum Gasteiger partial charge on any atom is -0.340 e. The molecule has 0 aliphatic heterocycles. The van der Waals surface area contributed by atoms with Crippen LogP contribution in [0.25, 0.3) is 0 Å². The second-order valence-electron chi connectivity index (χ2n) is 6.22. The molecule has 0 spiro atoms.